The second-order valence-corrected chi connectivity index (χ2v) is 5.12. The number of halogens is 2. The van der Waals surface area contributed by atoms with Gasteiger partial charge in [-0.2, -0.15) is 0 Å². The maximum atomic E-state index is 6.07. The molecule has 1 aromatic carbocycles. The van der Waals surface area contributed by atoms with Crippen LogP contribution in [0.3, 0.4) is 0 Å². The van der Waals surface area contributed by atoms with Crippen molar-refractivity contribution in [1.29, 1.82) is 0 Å². The minimum atomic E-state index is 0.320. The summed E-state index contributed by atoms with van der Waals surface area (Å²) in [4.78, 5) is 0. The molecule has 1 heterocycles. The van der Waals surface area contributed by atoms with Gasteiger partial charge in [-0.15, -0.1) is 5.10 Å². The summed E-state index contributed by atoms with van der Waals surface area (Å²) in [6, 6.07) is 5.11. The highest BCUT2D eigenvalue weighted by Gasteiger charge is 2.13. The summed E-state index contributed by atoms with van der Waals surface area (Å²) in [6.07, 6.45) is 0.960. The zero-order chi connectivity index (χ0) is 14.5. The number of aromatic nitrogens is 3. The molecule has 0 fully saturated rings. The van der Waals surface area contributed by atoms with Crippen molar-refractivity contribution in [2.24, 2.45) is 5.73 Å². The van der Waals surface area contributed by atoms with Crippen molar-refractivity contribution in [2.75, 3.05) is 0 Å². The molecule has 0 amide bonds. The number of benzene rings is 1. The maximum Gasteiger partial charge on any atom is 0.138 e. The largest absolute Gasteiger partial charge is 0.486 e. The van der Waals surface area contributed by atoms with Crippen LogP contribution in [0.4, 0.5) is 0 Å². The molecular weight excluding hydrogens is 299 g/mol. The predicted molar refractivity (Wildman–Crippen MR) is 79.0 cm³/mol. The topological polar surface area (TPSA) is 66.0 Å². The molecule has 0 saturated carbocycles. The van der Waals surface area contributed by atoms with Gasteiger partial charge in [-0.25, -0.2) is 4.68 Å². The highest BCUT2D eigenvalue weighted by Crippen LogP contribution is 2.28. The lowest BCUT2D eigenvalue weighted by Gasteiger charge is -2.10. The van der Waals surface area contributed by atoms with Crippen LogP contribution in [-0.2, 0) is 19.7 Å². The monoisotopic (exact) mass is 314 g/mol. The van der Waals surface area contributed by atoms with Gasteiger partial charge in [0.25, 0.3) is 0 Å². The predicted octanol–water partition coefficient (Wildman–Crippen LogP) is 3.03. The molecule has 2 aromatic rings. The normalized spacial score (nSPS) is 10.8. The van der Waals surface area contributed by atoms with Crippen molar-refractivity contribution in [1.82, 2.24) is 15.0 Å². The van der Waals surface area contributed by atoms with Crippen LogP contribution < -0.4 is 10.5 Å². The molecule has 0 aliphatic carbocycles. The van der Waals surface area contributed by atoms with Gasteiger partial charge in [0.1, 0.15) is 23.7 Å². The number of aryl methyl sites for hydroxylation is 1. The van der Waals surface area contributed by atoms with E-state index in [4.69, 9.17) is 33.7 Å². The lowest BCUT2D eigenvalue weighted by Crippen LogP contribution is -2.10. The molecule has 0 spiro atoms. The second kappa shape index (κ2) is 6.92. The fourth-order valence-corrected chi connectivity index (χ4v) is 2.28. The molecule has 7 heteroatoms. The van der Waals surface area contributed by atoms with Crippen LogP contribution in [0.5, 0.6) is 5.75 Å². The van der Waals surface area contributed by atoms with E-state index in [2.05, 4.69) is 17.2 Å². The second-order valence-electron chi connectivity index (χ2n) is 4.27. The third-order valence-corrected chi connectivity index (χ3v) is 3.34. The van der Waals surface area contributed by atoms with Gasteiger partial charge >= 0.3 is 0 Å². The van der Waals surface area contributed by atoms with Gasteiger partial charge in [-0.1, -0.05) is 35.3 Å². The fourth-order valence-electron chi connectivity index (χ4n) is 1.81. The Bertz CT molecular complexity index is 586. The highest BCUT2D eigenvalue weighted by atomic mass is 35.5. The van der Waals surface area contributed by atoms with Crippen LogP contribution in [-0.4, -0.2) is 15.0 Å². The van der Waals surface area contributed by atoms with E-state index in [1.54, 1.807) is 18.2 Å². The van der Waals surface area contributed by atoms with Gasteiger partial charge in [0.05, 0.1) is 5.02 Å². The Kier molecular flexibility index (Phi) is 5.23. The number of rotatable bonds is 6. The Hall–Kier alpha value is -1.30. The summed E-state index contributed by atoms with van der Waals surface area (Å²) in [6.45, 7) is 3.50. The van der Waals surface area contributed by atoms with Crippen molar-refractivity contribution in [2.45, 2.75) is 33.0 Å². The summed E-state index contributed by atoms with van der Waals surface area (Å²) in [7, 11) is 0. The van der Waals surface area contributed by atoms with Crippen LogP contribution in [0.15, 0.2) is 18.2 Å². The zero-order valence-corrected chi connectivity index (χ0v) is 12.7. The third-order valence-electron chi connectivity index (χ3n) is 2.81. The number of nitrogens with zero attached hydrogens (tertiary/aromatic N) is 3. The standard InChI is InChI=1S/C13H16Cl2N4O/c1-2-5-19-12(11(7-16)17-18-19)8-20-13-4-3-9(14)6-10(13)15/h3-4,6H,2,5,7-8,16H2,1H3. The van der Waals surface area contributed by atoms with Gasteiger partial charge in [0.15, 0.2) is 0 Å². The molecule has 0 saturated heterocycles. The molecule has 2 rings (SSSR count). The number of hydrogen-bond acceptors (Lipinski definition) is 4. The quantitative estimate of drug-likeness (QED) is 0.890. The first kappa shape index (κ1) is 15.1. The van der Waals surface area contributed by atoms with Crippen molar-refractivity contribution >= 4 is 23.2 Å². The Morgan fingerprint density at radius 1 is 1.35 bits per heavy atom. The van der Waals surface area contributed by atoms with Crippen LogP contribution >= 0.6 is 23.2 Å². The van der Waals surface area contributed by atoms with Crippen molar-refractivity contribution < 1.29 is 4.74 Å². The Morgan fingerprint density at radius 3 is 2.80 bits per heavy atom. The Labute approximate surface area is 127 Å². The van der Waals surface area contributed by atoms with Crippen molar-refractivity contribution in [3.63, 3.8) is 0 Å². The van der Waals surface area contributed by atoms with E-state index in [1.165, 1.54) is 0 Å². The molecule has 1 aromatic heterocycles. The molecule has 0 atom stereocenters. The summed E-state index contributed by atoms with van der Waals surface area (Å²) in [5.74, 6) is 0.572. The van der Waals surface area contributed by atoms with Crippen LogP contribution in [0.2, 0.25) is 10.0 Å². The summed E-state index contributed by atoms with van der Waals surface area (Å²) < 4.78 is 7.53. The first-order chi connectivity index (χ1) is 9.65. The Balaban J connectivity index is 2.15. The molecule has 20 heavy (non-hydrogen) atoms. The molecule has 0 aliphatic heterocycles. The lowest BCUT2D eigenvalue weighted by molar-refractivity contribution is 0.290. The maximum absolute atomic E-state index is 6.07. The molecule has 2 N–H and O–H groups in total. The molecule has 5 nitrogen and oxygen atoms in total. The third kappa shape index (κ3) is 3.42. The van der Waals surface area contributed by atoms with E-state index >= 15 is 0 Å². The number of ether oxygens (including phenoxy) is 1. The van der Waals surface area contributed by atoms with E-state index in [0.717, 1.165) is 24.4 Å². The van der Waals surface area contributed by atoms with Crippen molar-refractivity contribution in [3.8, 4) is 5.75 Å². The van der Waals surface area contributed by atoms with E-state index in [9.17, 15) is 0 Å². The first-order valence-corrected chi connectivity index (χ1v) is 7.10. The SMILES string of the molecule is CCCn1nnc(CN)c1COc1ccc(Cl)cc1Cl. The first-order valence-electron chi connectivity index (χ1n) is 6.34. The van der Waals surface area contributed by atoms with Gasteiger partial charge in [-0.05, 0) is 24.6 Å². The molecular formula is C13H16Cl2N4O. The van der Waals surface area contributed by atoms with E-state index in [1.807, 2.05) is 4.68 Å². The average Bonchev–Trinajstić information content (AvgIpc) is 2.80. The van der Waals surface area contributed by atoms with Gasteiger partial charge in [0, 0.05) is 18.1 Å². The molecule has 108 valence electrons. The fraction of sp³-hybridized carbons (Fsp3) is 0.385. The molecule has 0 radical (unpaired) electrons. The van der Waals surface area contributed by atoms with Crippen LogP contribution in [0, 0.1) is 0 Å². The summed E-state index contributed by atoms with van der Waals surface area (Å²) in [5.41, 5.74) is 7.28. The lowest BCUT2D eigenvalue weighted by atomic mass is 10.3. The minimum absolute atomic E-state index is 0.320. The van der Waals surface area contributed by atoms with Gasteiger partial charge in [0.2, 0.25) is 0 Å². The summed E-state index contributed by atoms with van der Waals surface area (Å²) in [5, 5.41) is 9.18. The van der Waals surface area contributed by atoms with Crippen molar-refractivity contribution in [3.05, 3.63) is 39.6 Å². The zero-order valence-electron chi connectivity index (χ0n) is 11.1. The highest BCUT2D eigenvalue weighted by molar-refractivity contribution is 6.35. The summed E-state index contributed by atoms with van der Waals surface area (Å²) >= 11 is 11.9. The Morgan fingerprint density at radius 2 is 2.15 bits per heavy atom. The molecule has 0 aliphatic rings. The molecule has 0 bridgehead atoms. The number of nitrogens with two attached hydrogens (primary N) is 1. The van der Waals surface area contributed by atoms with E-state index < -0.39 is 0 Å². The molecule has 0 unspecified atom stereocenters. The van der Waals surface area contributed by atoms with Gasteiger partial charge in [-0.3, -0.25) is 0 Å². The smallest absolute Gasteiger partial charge is 0.138 e. The van der Waals surface area contributed by atoms with Crippen LogP contribution in [0.1, 0.15) is 24.7 Å². The van der Waals surface area contributed by atoms with Gasteiger partial charge < -0.3 is 10.5 Å². The van der Waals surface area contributed by atoms with E-state index in [0.29, 0.717) is 28.9 Å². The van der Waals surface area contributed by atoms with E-state index in [-0.39, 0.29) is 0 Å². The van der Waals surface area contributed by atoms with Crippen LogP contribution in [0.25, 0.3) is 0 Å². The minimum Gasteiger partial charge on any atom is -0.486 e. The average molecular weight is 315 g/mol. The number of hydrogen-bond donors (Lipinski definition) is 1.